The van der Waals surface area contributed by atoms with Crippen molar-refractivity contribution in [3.05, 3.63) is 35.4 Å². The zero-order valence-corrected chi connectivity index (χ0v) is 9.75. The molecule has 1 fully saturated rings. The molecule has 2 nitrogen and oxygen atoms in total. The van der Waals surface area contributed by atoms with Gasteiger partial charge in [0.05, 0.1) is 22.6 Å². The van der Waals surface area contributed by atoms with E-state index in [4.69, 9.17) is 5.26 Å². The molecule has 1 aliphatic carbocycles. The molecule has 1 aromatic rings. The number of alkyl halides is 3. The van der Waals surface area contributed by atoms with Crippen LogP contribution in [0.2, 0.25) is 0 Å². The van der Waals surface area contributed by atoms with Gasteiger partial charge in [-0.1, -0.05) is 12.1 Å². The van der Waals surface area contributed by atoms with Gasteiger partial charge in [0.25, 0.3) is 0 Å². The molecule has 0 unspecified atom stereocenters. The minimum absolute atomic E-state index is 0.252. The summed E-state index contributed by atoms with van der Waals surface area (Å²) in [6.45, 7) is 1.62. The molecule has 0 saturated heterocycles. The van der Waals surface area contributed by atoms with Crippen LogP contribution in [-0.4, -0.2) is 10.7 Å². The monoisotopic (exact) mass is 255 g/mol. The van der Waals surface area contributed by atoms with Crippen molar-refractivity contribution in [2.75, 3.05) is 0 Å². The maximum atomic E-state index is 12.4. The molecule has 1 N–H and O–H groups in total. The second kappa shape index (κ2) is 3.72. The molecular weight excluding hydrogens is 243 g/mol. The Kier molecular flexibility index (Phi) is 2.67. The van der Waals surface area contributed by atoms with Gasteiger partial charge in [0.15, 0.2) is 0 Å². The van der Waals surface area contributed by atoms with Crippen LogP contribution in [0.25, 0.3) is 0 Å². The summed E-state index contributed by atoms with van der Waals surface area (Å²) in [5.41, 5.74) is -1.96. The molecule has 0 aliphatic heterocycles. The summed E-state index contributed by atoms with van der Waals surface area (Å²) >= 11 is 0. The number of hydrogen-bond acceptors (Lipinski definition) is 2. The van der Waals surface area contributed by atoms with E-state index in [2.05, 4.69) is 6.07 Å². The minimum Gasteiger partial charge on any atom is -0.390 e. The SMILES string of the molecule is CC1(O)CC(C#N)(c2ccc(C(F)(F)F)cc2)C1. The fourth-order valence-corrected chi connectivity index (χ4v) is 2.57. The number of rotatable bonds is 1. The average Bonchev–Trinajstić information content (AvgIpc) is 2.24. The molecule has 0 spiro atoms. The molecule has 96 valence electrons. The van der Waals surface area contributed by atoms with Crippen LogP contribution in [0.4, 0.5) is 13.2 Å². The average molecular weight is 255 g/mol. The highest BCUT2D eigenvalue weighted by Gasteiger charge is 2.52. The molecule has 0 heterocycles. The lowest BCUT2D eigenvalue weighted by atomic mass is 9.57. The van der Waals surface area contributed by atoms with Gasteiger partial charge >= 0.3 is 6.18 Å². The van der Waals surface area contributed by atoms with Crippen molar-refractivity contribution in [3.8, 4) is 6.07 Å². The number of nitriles is 1. The Morgan fingerprint density at radius 1 is 1.22 bits per heavy atom. The van der Waals surface area contributed by atoms with E-state index in [1.54, 1.807) is 6.92 Å². The van der Waals surface area contributed by atoms with Gasteiger partial charge in [-0.15, -0.1) is 0 Å². The van der Waals surface area contributed by atoms with Crippen molar-refractivity contribution in [3.63, 3.8) is 0 Å². The number of benzene rings is 1. The zero-order chi connectivity index (χ0) is 13.6. The molecule has 2 rings (SSSR count). The van der Waals surface area contributed by atoms with Crippen molar-refractivity contribution >= 4 is 0 Å². The number of nitrogens with zero attached hydrogens (tertiary/aromatic N) is 1. The van der Waals surface area contributed by atoms with E-state index in [1.165, 1.54) is 12.1 Å². The molecule has 1 aromatic carbocycles. The zero-order valence-electron chi connectivity index (χ0n) is 9.75. The van der Waals surface area contributed by atoms with Gasteiger partial charge in [-0.05, 0) is 37.5 Å². The van der Waals surface area contributed by atoms with Crippen LogP contribution in [0.3, 0.4) is 0 Å². The molecule has 18 heavy (non-hydrogen) atoms. The van der Waals surface area contributed by atoms with Crippen molar-refractivity contribution in [1.82, 2.24) is 0 Å². The van der Waals surface area contributed by atoms with Gasteiger partial charge in [-0.2, -0.15) is 18.4 Å². The van der Waals surface area contributed by atoms with Crippen molar-refractivity contribution in [2.45, 2.75) is 37.0 Å². The van der Waals surface area contributed by atoms with E-state index in [-0.39, 0.29) is 12.8 Å². The normalized spacial score (nSPS) is 31.6. The second-order valence-electron chi connectivity index (χ2n) is 5.12. The quantitative estimate of drug-likeness (QED) is 0.838. The molecule has 0 bridgehead atoms. The highest BCUT2D eigenvalue weighted by atomic mass is 19.4. The Hall–Kier alpha value is -1.54. The lowest BCUT2D eigenvalue weighted by Crippen LogP contribution is -2.51. The molecule has 0 aromatic heterocycles. The maximum Gasteiger partial charge on any atom is 0.416 e. The van der Waals surface area contributed by atoms with Crippen molar-refractivity contribution in [2.24, 2.45) is 0 Å². The molecule has 1 aliphatic rings. The van der Waals surface area contributed by atoms with E-state index >= 15 is 0 Å². The van der Waals surface area contributed by atoms with E-state index in [1.807, 2.05) is 0 Å². The Labute approximate surface area is 103 Å². The van der Waals surface area contributed by atoms with Gasteiger partial charge in [-0.3, -0.25) is 0 Å². The molecule has 0 amide bonds. The second-order valence-corrected chi connectivity index (χ2v) is 5.12. The fourth-order valence-electron chi connectivity index (χ4n) is 2.57. The van der Waals surface area contributed by atoms with Gasteiger partial charge in [0.1, 0.15) is 0 Å². The lowest BCUT2D eigenvalue weighted by Gasteiger charge is -2.47. The summed E-state index contributed by atoms with van der Waals surface area (Å²) in [5.74, 6) is 0. The van der Waals surface area contributed by atoms with Gasteiger partial charge in [0, 0.05) is 0 Å². The van der Waals surface area contributed by atoms with Gasteiger partial charge < -0.3 is 5.11 Å². The van der Waals surface area contributed by atoms with Crippen LogP contribution < -0.4 is 0 Å². The summed E-state index contributed by atoms with van der Waals surface area (Å²) in [6, 6.07) is 6.69. The highest BCUT2D eigenvalue weighted by molar-refractivity contribution is 5.40. The Bertz CT molecular complexity index is 488. The smallest absolute Gasteiger partial charge is 0.390 e. The third-order valence-corrected chi connectivity index (χ3v) is 3.34. The number of hydrogen-bond donors (Lipinski definition) is 1. The first kappa shape index (κ1) is 12.9. The van der Waals surface area contributed by atoms with Gasteiger partial charge in [0.2, 0.25) is 0 Å². The highest BCUT2D eigenvalue weighted by Crippen LogP contribution is 2.49. The Morgan fingerprint density at radius 3 is 2.06 bits per heavy atom. The Balaban J connectivity index is 2.28. The minimum atomic E-state index is -4.37. The number of halogens is 3. The fraction of sp³-hybridized carbons (Fsp3) is 0.462. The predicted octanol–water partition coefficient (Wildman–Crippen LogP) is 3.01. The van der Waals surface area contributed by atoms with Crippen molar-refractivity contribution in [1.29, 1.82) is 5.26 Å². The van der Waals surface area contributed by atoms with Crippen LogP contribution in [0.5, 0.6) is 0 Å². The molecule has 5 heteroatoms. The first-order chi connectivity index (χ1) is 8.19. The predicted molar refractivity (Wildman–Crippen MR) is 58.6 cm³/mol. The van der Waals surface area contributed by atoms with E-state index in [0.29, 0.717) is 5.56 Å². The van der Waals surface area contributed by atoms with E-state index in [0.717, 1.165) is 12.1 Å². The summed E-state index contributed by atoms with van der Waals surface area (Å²) < 4.78 is 37.2. The summed E-state index contributed by atoms with van der Waals surface area (Å²) in [7, 11) is 0. The lowest BCUT2D eigenvalue weighted by molar-refractivity contribution is -0.137. The first-order valence-corrected chi connectivity index (χ1v) is 5.50. The maximum absolute atomic E-state index is 12.4. The van der Waals surface area contributed by atoms with Crippen LogP contribution in [0.15, 0.2) is 24.3 Å². The molecule has 1 saturated carbocycles. The number of aliphatic hydroxyl groups is 1. The topological polar surface area (TPSA) is 44.0 Å². The van der Waals surface area contributed by atoms with Gasteiger partial charge in [-0.25, -0.2) is 0 Å². The van der Waals surface area contributed by atoms with Crippen LogP contribution in [0.1, 0.15) is 30.9 Å². The van der Waals surface area contributed by atoms with E-state index < -0.39 is 22.8 Å². The standard InChI is InChI=1S/C13H12F3NO/c1-11(18)6-12(7-11,8-17)9-2-4-10(5-3-9)13(14,15)16/h2-5,18H,6-7H2,1H3. The molecule has 0 radical (unpaired) electrons. The Morgan fingerprint density at radius 2 is 1.72 bits per heavy atom. The third-order valence-electron chi connectivity index (χ3n) is 3.34. The van der Waals surface area contributed by atoms with Crippen molar-refractivity contribution < 1.29 is 18.3 Å². The van der Waals surface area contributed by atoms with Crippen LogP contribution in [-0.2, 0) is 11.6 Å². The van der Waals surface area contributed by atoms with Crippen LogP contribution in [0, 0.1) is 11.3 Å². The third kappa shape index (κ3) is 2.08. The van der Waals surface area contributed by atoms with Crippen LogP contribution >= 0.6 is 0 Å². The molecular formula is C13H12F3NO. The largest absolute Gasteiger partial charge is 0.416 e. The first-order valence-electron chi connectivity index (χ1n) is 5.50. The van der Waals surface area contributed by atoms with E-state index in [9.17, 15) is 18.3 Å². The molecule has 0 atom stereocenters. The summed E-state index contributed by atoms with van der Waals surface area (Å²) in [4.78, 5) is 0. The summed E-state index contributed by atoms with van der Waals surface area (Å²) in [6.07, 6.45) is -3.87. The summed E-state index contributed by atoms with van der Waals surface area (Å²) in [5, 5.41) is 18.9.